The van der Waals surface area contributed by atoms with Gasteiger partial charge < -0.3 is 9.30 Å². The molecular weight excluding hydrogens is 330 g/mol. The van der Waals surface area contributed by atoms with Crippen LogP contribution < -0.4 is 0 Å². The summed E-state index contributed by atoms with van der Waals surface area (Å²) < 4.78 is 9.28. The number of carbonyl (C=O) groups is 1. The molecule has 134 valence electrons. The number of benzene rings is 1. The van der Waals surface area contributed by atoms with Gasteiger partial charge in [0.2, 0.25) is 0 Å². The molecule has 0 N–H and O–H groups in total. The molecule has 0 amide bonds. The second-order valence-electron chi connectivity index (χ2n) is 6.35. The third-order valence-corrected chi connectivity index (χ3v) is 4.61. The highest BCUT2D eigenvalue weighted by Crippen LogP contribution is 2.27. The molecule has 0 aliphatic carbocycles. The number of hydrogen-bond donors (Lipinski definition) is 0. The molecule has 7 nitrogen and oxygen atoms in total. The van der Waals surface area contributed by atoms with Crippen molar-refractivity contribution in [3.05, 3.63) is 54.4 Å². The first-order valence-corrected chi connectivity index (χ1v) is 8.97. The van der Waals surface area contributed by atoms with Crippen molar-refractivity contribution in [2.45, 2.75) is 38.8 Å². The van der Waals surface area contributed by atoms with Crippen molar-refractivity contribution in [1.82, 2.24) is 24.3 Å². The molecule has 3 aromatic rings. The molecule has 0 bridgehead atoms. The summed E-state index contributed by atoms with van der Waals surface area (Å²) >= 11 is 0. The average molecular weight is 351 g/mol. The van der Waals surface area contributed by atoms with Gasteiger partial charge in [0.25, 0.3) is 0 Å². The van der Waals surface area contributed by atoms with E-state index in [2.05, 4.69) is 19.6 Å². The van der Waals surface area contributed by atoms with Crippen LogP contribution in [0.2, 0.25) is 0 Å². The Morgan fingerprint density at radius 2 is 2.04 bits per heavy atom. The van der Waals surface area contributed by atoms with Crippen LogP contribution in [0.4, 0.5) is 0 Å². The lowest BCUT2D eigenvalue weighted by Gasteiger charge is -2.09. The van der Waals surface area contributed by atoms with Gasteiger partial charge in [-0.1, -0.05) is 36.8 Å². The first-order chi connectivity index (χ1) is 12.8. The number of carbonyl (C=O) groups excluding carboxylic acids is 1. The maximum Gasteiger partial charge on any atom is 0.358 e. The number of nitrogens with zero attached hydrogens (tertiary/aromatic N) is 5. The average Bonchev–Trinajstić information content (AvgIpc) is 3.24. The van der Waals surface area contributed by atoms with Crippen LogP contribution in [-0.2, 0) is 24.2 Å². The molecule has 0 saturated carbocycles. The molecule has 1 aliphatic rings. The fourth-order valence-electron chi connectivity index (χ4n) is 3.34. The molecule has 0 unspecified atom stereocenters. The van der Waals surface area contributed by atoms with Gasteiger partial charge in [-0.25, -0.2) is 19.4 Å². The van der Waals surface area contributed by atoms with E-state index in [1.807, 2.05) is 30.3 Å². The number of rotatable bonds is 5. The van der Waals surface area contributed by atoms with E-state index < -0.39 is 0 Å². The van der Waals surface area contributed by atoms with Crippen molar-refractivity contribution in [3.8, 4) is 11.4 Å². The summed E-state index contributed by atoms with van der Waals surface area (Å²) in [7, 11) is 0. The van der Waals surface area contributed by atoms with Crippen LogP contribution in [0.25, 0.3) is 11.4 Å². The van der Waals surface area contributed by atoms with Gasteiger partial charge in [0, 0.05) is 12.1 Å². The highest BCUT2D eigenvalue weighted by atomic mass is 16.5. The van der Waals surface area contributed by atoms with Gasteiger partial charge in [-0.2, -0.15) is 5.10 Å². The van der Waals surface area contributed by atoms with Crippen molar-refractivity contribution >= 4 is 5.97 Å². The second kappa shape index (κ2) is 7.51. The molecule has 0 spiro atoms. The number of aromatic nitrogens is 5. The van der Waals surface area contributed by atoms with Crippen LogP contribution in [0, 0.1) is 0 Å². The fourth-order valence-corrected chi connectivity index (χ4v) is 3.34. The van der Waals surface area contributed by atoms with E-state index in [4.69, 9.17) is 4.74 Å². The van der Waals surface area contributed by atoms with Crippen molar-refractivity contribution in [2.75, 3.05) is 6.61 Å². The smallest absolute Gasteiger partial charge is 0.358 e. The summed E-state index contributed by atoms with van der Waals surface area (Å²) in [5.74, 6) is 0.490. The van der Waals surface area contributed by atoms with Gasteiger partial charge in [0.1, 0.15) is 25.1 Å². The first-order valence-electron chi connectivity index (χ1n) is 8.97. The Morgan fingerprint density at radius 3 is 2.85 bits per heavy atom. The van der Waals surface area contributed by atoms with E-state index in [1.165, 1.54) is 6.33 Å². The normalized spacial score (nSPS) is 13.8. The molecular formula is C19H21N5O2. The Kier molecular flexibility index (Phi) is 4.77. The first kappa shape index (κ1) is 16.5. The van der Waals surface area contributed by atoms with E-state index in [-0.39, 0.29) is 12.6 Å². The van der Waals surface area contributed by atoms with Crippen molar-refractivity contribution < 1.29 is 9.53 Å². The minimum atomic E-state index is -0.363. The third-order valence-electron chi connectivity index (χ3n) is 4.61. The lowest BCUT2D eigenvalue weighted by molar-refractivity contribution is 0.0480. The molecule has 1 aromatic carbocycles. The molecule has 0 atom stereocenters. The SMILES string of the molecule is O=C(OCCn1cncn1)c1nc(-c2ccccc2)n2c1CCCCC2. The Labute approximate surface area is 151 Å². The van der Waals surface area contributed by atoms with Crippen LogP contribution >= 0.6 is 0 Å². The molecule has 7 heteroatoms. The minimum absolute atomic E-state index is 0.245. The predicted molar refractivity (Wildman–Crippen MR) is 95.5 cm³/mol. The van der Waals surface area contributed by atoms with Gasteiger partial charge in [0.15, 0.2) is 5.69 Å². The van der Waals surface area contributed by atoms with E-state index in [0.717, 1.165) is 49.3 Å². The number of esters is 1. The quantitative estimate of drug-likeness (QED) is 0.661. The zero-order chi connectivity index (χ0) is 17.8. The molecule has 26 heavy (non-hydrogen) atoms. The summed E-state index contributed by atoms with van der Waals surface area (Å²) in [5, 5.41) is 4.01. The maximum atomic E-state index is 12.7. The second-order valence-corrected chi connectivity index (χ2v) is 6.35. The van der Waals surface area contributed by atoms with Crippen LogP contribution in [0.5, 0.6) is 0 Å². The Bertz CT molecular complexity index is 871. The van der Waals surface area contributed by atoms with Gasteiger partial charge in [0.05, 0.1) is 12.2 Å². The van der Waals surface area contributed by atoms with Crippen molar-refractivity contribution in [3.63, 3.8) is 0 Å². The number of ether oxygens (including phenoxy) is 1. The van der Waals surface area contributed by atoms with Gasteiger partial charge in [-0.05, 0) is 19.3 Å². The molecule has 0 saturated heterocycles. The van der Waals surface area contributed by atoms with Gasteiger partial charge in [-0.3, -0.25) is 0 Å². The van der Waals surface area contributed by atoms with Crippen LogP contribution in [0.3, 0.4) is 0 Å². The minimum Gasteiger partial charge on any atom is -0.459 e. The molecule has 0 radical (unpaired) electrons. The molecule has 1 aliphatic heterocycles. The summed E-state index contributed by atoms with van der Waals surface area (Å²) in [6.07, 6.45) is 7.25. The number of fused-ring (bicyclic) bond motifs is 1. The highest BCUT2D eigenvalue weighted by Gasteiger charge is 2.25. The summed E-state index contributed by atoms with van der Waals surface area (Å²) in [6, 6.07) is 10.0. The largest absolute Gasteiger partial charge is 0.459 e. The monoisotopic (exact) mass is 351 g/mol. The van der Waals surface area contributed by atoms with E-state index >= 15 is 0 Å². The standard InChI is InChI=1S/C19H21N5O2/c25-19(26-12-11-23-14-20-13-21-23)17-16-9-5-2-6-10-24(16)18(22-17)15-7-3-1-4-8-15/h1,3-4,7-8,13-14H,2,5-6,9-12H2. The fraction of sp³-hybridized carbons (Fsp3) is 0.368. The van der Waals surface area contributed by atoms with Crippen molar-refractivity contribution in [1.29, 1.82) is 0 Å². The van der Waals surface area contributed by atoms with Gasteiger partial charge in [-0.15, -0.1) is 0 Å². The Hall–Kier alpha value is -2.96. The van der Waals surface area contributed by atoms with E-state index in [1.54, 1.807) is 11.0 Å². The van der Waals surface area contributed by atoms with E-state index in [9.17, 15) is 4.79 Å². The highest BCUT2D eigenvalue weighted by molar-refractivity contribution is 5.89. The maximum absolute atomic E-state index is 12.7. The third kappa shape index (κ3) is 3.37. The topological polar surface area (TPSA) is 74.8 Å². The lowest BCUT2D eigenvalue weighted by atomic mass is 10.1. The number of imidazole rings is 1. The summed E-state index contributed by atoms with van der Waals surface area (Å²) in [4.78, 5) is 21.2. The zero-order valence-corrected chi connectivity index (χ0v) is 14.5. The van der Waals surface area contributed by atoms with Crippen LogP contribution in [0.15, 0.2) is 43.0 Å². The van der Waals surface area contributed by atoms with Crippen LogP contribution in [-0.4, -0.2) is 36.9 Å². The summed E-state index contributed by atoms with van der Waals surface area (Å²) in [5.41, 5.74) is 2.47. The zero-order valence-electron chi connectivity index (χ0n) is 14.5. The van der Waals surface area contributed by atoms with E-state index in [0.29, 0.717) is 12.2 Å². The van der Waals surface area contributed by atoms with Gasteiger partial charge >= 0.3 is 5.97 Å². The summed E-state index contributed by atoms with van der Waals surface area (Å²) in [6.45, 7) is 1.61. The molecule has 2 aromatic heterocycles. The van der Waals surface area contributed by atoms with Crippen molar-refractivity contribution in [2.24, 2.45) is 0 Å². The lowest BCUT2D eigenvalue weighted by Crippen LogP contribution is -2.14. The van der Waals surface area contributed by atoms with Crippen LogP contribution in [0.1, 0.15) is 35.4 Å². The predicted octanol–water partition coefficient (Wildman–Crippen LogP) is 2.73. The molecule has 4 rings (SSSR count). The number of hydrogen-bond acceptors (Lipinski definition) is 5. The molecule has 3 heterocycles. The molecule has 0 fully saturated rings. The Balaban J connectivity index is 1.58. The Morgan fingerprint density at radius 1 is 1.15 bits per heavy atom.